The number of ether oxygens (including phenoxy) is 1. The first-order valence-electron chi connectivity index (χ1n) is 5.82. The number of likely N-dealkylation sites (N-methyl/N-ethyl adjacent to an activating group) is 1. The first-order valence-corrected chi connectivity index (χ1v) is 5.82. The molecule has 0 spiro atoms. The molecule has 0 atom stereocenters. The SMILES string of the molecule is COC(=O)CN(C)C(=O)C1(C)CCCCC1. The predicted molar refractivity (Wildman–Crippen MR) is 60.8 cm³/mol. The fraction of sp³-hybridized carbons (Fsp3) is 0.833. The van der Waals surface area contributed by atoms with Crippen LogP contribution in [-0.2, 0) is 14.3 Å². The summed E-state index contributed by atoms with van der Waals surface area (Å²) in [7, 11) is 3.00. The number of hydrogen-bond donors (Lipinski definition) is 0. The topological polar surface area (TPSA) is 46.6 Å². The molecule has 1 fully saturated rings. The Morgan fingerprint density at radius 1 is 1.25 bits per heavy atom. The fourth-order valence-corrected chi connectivity index (χ4v) is 2.34. The van der Waals surface area contributed by atoms with Crippen molar-refractivity contribution in [2.75, 3.05) is 20.7 Å². The Hall–Kier alpha value is -1.06. The summed E-state index contributed by atoms with van der Waals surface area (Å²) in [6.45, 7) is 2.05. The van der Waals surface area contributed by atoms with Gasteiger partial charge in [0.15, 0.2) is 0 Å². The molecule has 1 amide bonds. The lowest BCUT2D eigenvalue weighted by molar-refractivity contribution is -0.150. The Kier molecular flexibility index (Phi) is 4.33. The molecule has 0 radical (unpaired) electrons. The summed E-state index contributed by atoms with van der Waals surface area (Å²) in [4.78, 5) is 24.8. The van der Waals surface area contributed by atoms with Crippen molar-refractivity contribution in [1.82, 2.24) is 4.90 Å². The van der Waals surface area contributed by atoms with Crippen molar-refractivity contribution in [3.63, 3.8) is 0 Å². The van der Waals surface area contributed by atoms with Gasteiger partial charge < -0.3 is 9.64 Å². The van der Waals surface area contributed by atoms with E-state index >= 15 is 0 Å². The van der Waals surface area contributed by atoms with Gasteiger partial charge in [-0.3, -0.25) is 9.59 Å². The molecule has 1 aliphatic carbocycles. The molecule has 0 saturated heterocycles. The van der Waals surface area contributed by atoms with E-state index < -0.39 is 0 Å². The largest absolute Gasteiger partial charge is 0.468 e. The minimum absolute atomic E-state index is 0.0466. The summed E-state index contributed by atoms with van der Waals surface area (Å²) in [6, 6.07) is 0. The molecule has 1 saturated carbocycles. The Labute approximate surface area is 96.9 Å². The van der Waals surface area contributed by atoms with Crippen molar-refractivity contribution in [3.8, 4) is 0 Å². The number of methoxy groups -OCH3 is 1. The highest BCUT2D eigenvalue weighted by Gasteiger charge is 2.36. The van der Waals surface area contributed by atoms with E-state index in [0.29, 0.717) is 0 Å². The summed E-state index contributed by atoms with van der Waals surface area (Å²) in [5.41, 5.74) is -0.277. The molecule has 0 unspecified atom stereocenters. The van der Waals surface area contributed by atoms with Crippen LogP contribution in [0.1, 0.15) is 39.0 Å². The molecule has 0 heterocycles. The molecule has 0 N–H and O–H groups in total. The predicted octanol–water partition coefficient (Wildman–Crippen LogP) is 1.59. The molecule has 0 aliphatic heterocycles. The average molecular weight is 227 g/mol. The van der Waals surface area contributed by atoms with E-state index in [2.05, 4.69) is 4.74 Å². The van der Waals surface area contributed by atoms with Gasteiger partial charge in [0.2, 0.25) is 5.91 Å². The van der Waals surface area contributed by atoms with Crippen molar-refractivity contribution in [2.45, 2.75) is 39.0 Å². The molecular weight excluding hydrogens is 206 g/mol. The van der Waals surface area contributed by atoms with E-state index in [1.54, 1.807) is 7.05 Å². The third-order valence-electron chi connectivity index (χ3n) is 3.41. The smallest absolute Gasteiger partial charge is 0.325 e. The van der Waals surface area contributed by atoms with Crippen LogP contribution in [0.5, 0.6) is 0 Å². The molecule has 4 nitrogen and oxygen atoms in total. The molecular formula is C12H21NO3. The van der Waals surface area contributed by atoms with Gasteiger partial charge in [0, 0.05) is 12.5 Å². The van der Waals surface area contributed by atoms with Gasteiger partial charge in [-0.05, 0) is 12.8 Å². The maximum absolute atomic E-state index is 12.2. The van der Waals surface area contributed by atoms with E-state index in [1.807, 2.05) is 6.92 Å². The molecule has 0 aromatic heterocycles. The molecule has 92 valence electrons. The molecule has 16 heavy (non-hydrogen) atoms. The van der Waals surface area contributed by atoms with Crippen molar-refractivity contribution < 1.29 is 14.3 Å². The van der Waals surface area contributed by atoms with Crippen LogP contribution in [0, 0.1) is 5.41 Å². The van der Waals surface area contributed by atoms with E-state index in [4.69, 9.17) is 0 Å². The first kappa shape index (κ1) is 13.0. The zero-order valence-electron chi connectivity index (χ0n) is 10.4. The maximum Gasteiger partial charge on any atom is 0.325 e. The minimum atomic E-state index is -0.366. The summed E-state index contributed by atoms with van der Waals surface area (Å²) in [5, 5.41) is 0. The van der Waals surface area contributed by atoms with Gasteiger partial charge in [-0.2, -0.15) is 0 Å². The third kappa shape index (κ3) is 2.97. The molecule has 4 heteroatoms. The van der Waals surface area contributed by atoms with Gasteiger partial charge in [-0.25, -0.2) is 0 Å². The summed E-state index contributed by atoms with van der Waals surface area (Å²) < 4.78 is 4.56. The Balaban J connectivity index is 2.58. The zero-order chi connectivity index (χ0) is 12.2. The highest BCUT2D eigenvalue weighted by molar-refractivity contribution is 5.85. The van der Waals surface area contributed by atoms with Crippen LogP contribution in [0.25, 0.3) is 0 Å². The highest BCUT2D eigenvalue weighted by atomic mass is 16.5. The lowest BCUT2D eigenvalue weighted by Gasteiger charge is -2.35. The van der Waals surface area contributed by atoms with Gasteiger partial charge in [0.25, 0.3) is 0 Å². The maximum atomic E-state index is 12.2. The van der Waals surface area contributed by atoms with Crippen LogP contribution >= 0.6 is 0 Å². The van der Waals surface area contributed by atoms with Crippen molar-refractivity contribution in [3.05, 3.63) is 0 Å². The highest BCUT2D eigenvalue weighted by Crippen LogP contribution is 2.37. The van der Waals surface area contributed by atoms with Crippen molar-refractivity contribution >= 4 is 11.9 Å². The number of rotatable bonds is 3. The van der Waals surface area contributed by atoms with Gasteiger partial charge in [0.1, 0.15) is 6.54 Å². The minimum Gasteiger partial charge on any atom is -0.468 e. The van der Waals surface area contributed by atoms with Crippen LogP contribution in [0.4, 0.5) is 0 Å². The Morgan fingerprint density at radius 2 is 1.81 bits per heavy atom. The summed E-state index contributed by atoms with van der Waals surface area (Å²) in [6.07, 6.45) is 5.28. The monoisotopic (exact) mass is 227 g/mol. The molecule has 0 bridgehead atoms. The number of hydrogen-bond acceptors (Lipinski definition) is 3. The zero-order valence-corrected chi connectivity index (χ0v) is 10.4. The van der Waals surface area contributed by atoms with E-state index in [-0.39, 0.29) is 23.8 Å². The van der Waals surface area contributed by atoms with Crippen LogP contribution < -0.4 is 0 Å². The second-order valence-corrected chi connectivity index (χ2v) is 4.86. The second-order valence-electron chi connectivity index (χ2n) is 4.86. The number of nitrogens with zero attached hydrogens (tertiary/aromatic N) is 1. The van der Waals surface area contributed by atoms with E-state index in [1.165, 1.54) is 18.4 Å². The molecule has 1 rings (SSSR count). The summed E-state index contributed by atoms with van der Waals surface area (Å²) >= 11 is 0. The van der Waals surface area contributed by atoms with Crippen LogP contribution in [0.2, 0.25) is 0 Å². The summed E-state index contributed by atoms with van der Waals surface area (Å²) in [5.74, 6) is -0.298. The fourth-order valence-electron chi connectivity index (χ4n) is 2.34. The molecule has 0 aromatic rings. The number of amides is 1. The third-order valence-corrected chi connectivity index (χ3v) is 3.41. The number of esters is 1. The molecule has 1 aliphatic rings. The number of carbonyl (C=O) groups excluding carboxylic acids is 2. The Morgan fingerprint density at radius 3 is 2.31 bits per heavy atom. The second kappa shape index (κ2) is 5.32. The van der Waals surface area contributed by atoms with Crippen LogP contribution in [0.15, 0.2) is 0 Å². The molecule has 0 aromatic carbocycles. The van der Waals surface area contributed by atoms with Gasteiger partial charge in [-0.1, -0.05) is 26.2 Å². The lowest BCUT2D eigenvalue weighted by Crippen LogP contribution is -2.43. The van der Waals surface area contributed by atoms with E-state index in [9.17, 15) is 9.59 Å². The van der Waals surface area contributed by atoms with Crippen LogP contribution in [-0.4, -0.2) is 37.5 Å². The first-order chi connectivity index (χ1) is 7.49. The Bertz CT molecular complexity index is 269. The van der Waals surface area contributed by atoms with Crippen molar-refractivity contribution in [2.24, 2.45) is 5.41 Å². The van der Waals surface area contributed by atoms with Crippen molar-refractivity contribution in [1.29, 1.82) is 0 Å². The van der Waals surface area contributed by atoms with Gasteiger partial charge in [-0.15, -0.1) is 0 Å². The standard InChI is InChI=1S/C12H21NO3/c1-12(7-5-4-6-8-12)11(15)13(2)9-10(14)16-3/h4-9H2,1-3H3. The van der Waals surface area contributed by atoms with Crippen LogP contribution in [0.3, 0.4) is 0 Å². The van der Waals surface area contributed by atoms with E-state index in [0.717, 1.165) is 25.7 Å². The van der Waals surface area contributed by atoms with Gasteiger partial charge >= 0.3 is 5.97 Å². The number of carbonyl (C=O) groups is 2. The van der Waals surface area contributed by atoms with Gasteiger partial charge in [0.05, 0.1) is 7.11 Å². The normalized spacial score (nSPS) is 18.9. The quantitative estimate of drug-likeness (QED) is 0.688. The average Bonchev–Trinajstić information content (AvgIpc) is 2.28. The lowest BCUT2D eigenvalue weighted by atomic mass is 9.75.